The highest BCUT2D eigenvalue weighted by Gasteiger charge is 2.23. The molecule has 0 unspecified atom stereocenters. The van der Waals surface area contributed by atoms with Crippen LogP contribution in [0.25, 0.3) is 0 Å². The standard InChI is InChI=1S/C13H18O/c1-10-6-7-12-11(9-10)5-4-8-13(2,3)14-12/h6-7,9H,4-5,8H2,1-3H3. The fourth-order valence-electron chi connectivity index (χ4n) is 2.06. The van der Waals surface area contributed by atoms with E-state index in [0.29, 0.717) is 0 Å². The second-order valence-electron chi connectivity index (χ2n) is 4.83. The summed E-state index contributed by atoms with van der Waals surface area (Å²) in [4.78, 5) is 0. The number of hydrogen-bond acceptors (Lipinski definition) is 1. The summed E-state index contributed by atoms with van der Waals surface area (Å²) in [7, 11) is 0. The van der Waals surface area contributed by atoms with Crippen LogP contribution >= 0.6 is 0 Å². The van der Waals surface area contributed by atoms with Gasteiger partial charge in [0.15, 0.2) is 0 Å². The molecule has 0 aromatic heterocycles. The predicted octanol–water partition coefficient (Wildman–Crippen LogP) is 3.49. The highest BCUT2D eigenvalue weighted by molar-refractivity contribution is 5.38. The van der Waals surface area contributed by atoms with E-state index < -0.39 is 0 Å². The van der Waals surface area contributed by atoms with Gasteiger partial charge in [-0.25, -0.2) is 0 Å². The Morgan fingerprint density at radius 1 is 1.29 bits per heavy atom. The van der Waals surface area contributed by atoms with E-state index >= 15 is 0 Å². The Balaban J connectivity index is 2.37. The molecule has 1 aromatic carbocycles. The van der Waals surface area contributed by atoms with E-state index in [1.54, 1.807) is 0 Å². The molecule has 1 heteroatoms. The van der Waals surface area contributed by atoms with E-state index in [1.807, 2.05) is 0 Å². The number of benzene rings is 1. The van der Waals surface area contributed by atoms with Crippen molar-refractivity contribution in [2.45, 2.75) is 45.6 Å². The third-order valence-corrected chi connectivity index (χ3v) is 2.83. The van der Waals surface area contributed by atoms with E-state index in [-0.39, 0.29) is 5.60 Å². The van der Waals surface area contributed by atoms with E-state index in [4.69, 9.17) is 4.74 Å². The zero-order chi connectivity index (χ0) is 10.2. The predicted molar refractivity (Wildman–Crippen MR) is 58.8 cm³/mol. The first-order chi connectivity index (χ1) is 6.57. The van der Waals surface area contributed by atoms with E-state index in [1.165, 1.54) is 17.5 Å². The van der Waals surface area contributed by atoms with Crippen LogP contribution in [0.3, 0.4) is 0 Å². The van der Waals surface area contributed by atoms with Crippen molar-refractivity contribution in [2.75, 3.05) is 0 Å². The Labute approximate surface area is 86.1 Å². The quantitative estimate of drug-likeness (QED) is 0.608. The van der Waals surface area contributed by atoms with Gasteiger partial charge in [-0.05, 0) is 51.7 Å². The first-order valence-electron chi connectivity index (χ1n) is 5.35. The maximum absolute atomic E-state index is 6.00. The fraction of sp³-hybridized carbons (Fsp3) is 0.538. The van der Waals surface area contributed by atoms with Crippen LogP contribution in [0.4, 0.5) is 0 Å². The normalized spacial score (nSPS) is 19.4. The average molecular weight is 190 g/mol. The van der Waals surface area contributed by atoms with Gasteiger partial charge in [0.25, 0.3) is 0 Å². The lowest BCUT2D eigenvalue weighted by Gasteiger charge is -2.24. The van der Waals surface area contributed by atoms with Gasteiger partial charge in [-0.1, -0.05) is 17.7 Å². The monoisotopic (exact) mass is 190 g/mol. The third kappa shape index (κ3) is 1.92. The zero-order valence-corrected chi connectivity index (χ0v) is 9.26. The number of ether oxygens (including phenoxy) is 1. The van der Waals surface area contributed by atoms with E-state index in [0.717, 1.165) is 18.6 Å². The van der Waals surface area contributed by atoms with Crippen LogP contribution in [-0.2, 0) is 6.42 Å². The van der Waals surface area contributed by atoms with Gasteiger partial charge in [-0.15, -0.1) is 0 Å². The Morgan fingerprint density at radius 2 is 2.07 bits per heavy atom. The summed E-state index contributed by atoms with van der Waals surface area (Å²) in [5.41, 5.74) is 2.70. The topological polar surface area (TPSA) is 9.23 Å². The Kier molecular flexibility index (Phi) is 2.26. The SMILES string of the molecule is Cc1ccc2c(c1)CCCC(C)(C)O2. The molecule has 0 radical (unpaired) electrons. The minimum absolute atomic E-state index is 0.000504. The minimum Gasteiger partial charge on any atom is -0.488 e. The van der Waals surface area contributed by atoms with Crippen molar-refractivity contribution in [3.05, 3.63) is 29.3 Å². The lowest BCUT2D eigenvalue weighted by atomic mass is 10.0. The lowest BCUT2D eigenvalue weighted by Crippen LogP contribution is -2.26. The van der Waals surface area contributed by atoms with Crippen LogP contribution < -0.4 is 4.74 Å². The molecular weight excluding hydrogens is 172 g/mol. The molecule has 0 fully saturated rings. The molecule has 1 nitrogen and oxygen atoms in total. The van der Waals surface area contributed by atoms with Gasteiger partial charge >= 0.3 is 0 Å². The van der Waals surface area contributed by atoms with Gasteiger partial charge in [0.2, 0.25) is 0 Å². The van der Waals surface area contributed by atoms with Crippen molar-refractivity contribution in [1.29, 1.82) is 0 Å². The molecule has 0 spiro atoms. The lowest BCUT2D eigenvalue weighted by molar-refractivity contribution is 0.103. The molecule has 1 aromatic rings. The highest BCUT2D eigenvalue weighted by Crippen LogP contribution is 2.31. The molecule has 14 heavy (non-hydrogen) atoms. The number of hydrogen-bond donors (Lipinski definition) is 0. The second kappa shape index (κ2) is 3.30. The summed E-state index contributed by atoms with van der Waals surface area (Å²) in [6, 6.07) is 6.48. The van der Waals surface area contributed by atoms with Crippen LogP contribution in [0.5, 0.6) is 5.75 Å². The van der Waals surface area contributed by atoms with Gasteiger partial charge in [-0.3, -0.25) is 0 Å². The fourth-order valence-corrected chi connectivity index (χ4v) is 2.06. The van der Waals surface area contributed by atoms with Gasteiger partial charge in [0, 0.05) is 0 Å². The Morgan fingerprint density at radius 3 is 2.86 bits per heavy atom. The van der Waals surface area contributed by atoms with Gasteiger partial charge in [0.05, 0.1) is 0 Å². The van der Waals surface area contributed by atoms with Crippen molar-refractivity contribution in [1.82, 2.24) is 0 Å². The van der Waals surface area contributed by atoms with Crippen LogP contribution in [0.1, 0.15) is 37.8 Å². The summed E-state index contributed by atoms with van der Waals surface area (Å²) in [5.74, 6) is 1.08. The third-order valence-electron chi connectivity index (χ3n) is 2.83. The maximum Gasteiger partial charge on any atom is 0.123 e. The molecule has 2 rings (SSSR count). The molecule has 76 valence electrons. The van der Waals surface area contributed by atoms with Crippen LogP contribution in [-0.4, -0.2) is 5.60 Å². The molecule has 1 aliphatic heterocycles. The molecule has 1 aliphatic rings. The molecule has 0 N–H and O–H groups in total. The summed E-state index contributed by atoms with van der Waals surface area (Å²) in [5, 5.41) is 0. The van der Waals surface area contributed by atoms with Gasteiger partial charge in [0.1, 0.15) is 11.4 Å². The van der Waals surface area contributed by atoms with Crippen molar-refractivity contribution in [3.8, 4) is 5.75 Å². The smallest absolute Gasteiger partial charge is 0.123 e. The van der Waals surface area contributed by atoms with Crippen molar-refractivity contribution in [2.24, 2.45) is 0 Å². The number of rotatable bonds is 0. The molecule has 0 saturated carbocycles. The maximum atomic E-state index is 6.00. The highest BCUT2D eigenvalue weighted by atomic mass is 16.5. The Hall–Kier alpha value is -0.980. The van der Waals surface area contributed by atoms with Gasteiger partial charge < -0.3 is 4.74 Å². The molecule has 1 heterocycles. The Bertz CT molecular complexity index is 339. The summed E-state index contributed by atoms with van der Waals surface area (Å²) < 4.78 is 6.00. The van der Waals surface area contributed by atoms with Crippen molar-refractivity contribution < 1.29 is 4.74 Å². The molecule has 0 atom stereocenters. The molecular formula is C13H18O. The average Bonchev–Trinajstić information content (AvgIpc) is 2.22. The summed E-state index contributed by atoms with van der Waals surface area (Å²) in [6.07, 6.45) is 3.52. The van der Waals surface area contributed by atoms with Gasteiger partial charge in [-0.2, -0.15) is 0 Å². The largest absolute Gasteiger partial charge is 0.488 e. The summed E-state index contributed by atoms with van der Waals surface area (Å²) in [6.45, 7) is 6.47. The van der Waals surface area contributed by atoms with Crippen LogP contribution in [0.2, 0.25) is 0 Å². The zero-order valence-electron chi connectivity index (χ0n) is 9.26. The molecule has 0 aliphatic carbocycles. The first-order valence-corrected chi connectivity index (χ1v) is 5.35. The first kappa shape index (κ1) is 9.57. The minimum atomic E-state index is 0.000504. The van der Waals surface area contributed by atoms with Crippen LogP contribution in [0, 0.1) is 6.92 Å². The summed E-state index contributed by atoms with van der Waals surface area (Å²) >= 11 is 0. The molecule has 0 saturated heterocycles. The molecule has 0 bridgehead atoms. The second-order valence-corrected chi connectivity index (χ2v) is 4.83. The van der Waals surface area contributed by atoms with E-state index in [9.17, 15) is 0 Å². The number of fused-ring (bicyclic) bond motifs is 1. The van der Waals surface area contributed by atoms with E-state index in [2.05, 4.69) is 39.0 Å². The van der Waals surface area contributed by atoms with Crippen molar-refractivity contribution >= 4 is 0 Å². The molecule has 0 amide bonds. The van der Waals surface area contributed by atoms with Crippen LogP contribution in [0.15, 0.2) is 18.2 Å². The van der Waals surface area contributed by atoms with Crippen molar-refractivity contribution in [3.63, 3.8) is 0 Å². The number of aryl methyl sites for hydroxylation is 2.